The molecule has 0 unspecified atom stereocenters. The largest absolute Gasteiger partial charge is 0.465 e. The van der Waals surface area contributed by atoms with Crippen LogP contribution in [0.4, 0.5) is 5.69 Å². The highest BCUT2D eigenvalue weighted by Gasteiger charge is 2.18. The highest BCUT2D eigenvalue weighted by molar-refractivity contribution is 5.96. The van der Waals surface area contributed by atoms with E-state index in [-0.39, 0.29) is 12.0 Å². The average molecular weight is 400 g/mol. The first-order valence-electron chi connectivity index (χ1n) is 9.84. The minimum Gasteiger partial charge on any atom is -0.465 e. The number of para-hydroxylation sites is 1. The maximum absolute atomic E-state index is 11.9. The Labute approximate surface area is 175 Å². The van der Waals surface area contributed by atoms with Crippen molar-refractivity contribution in [1.29, 1.82) is 0 Å². The lowest BCUT2D eigenvalue weighted by Gasteiger charge is -2.26. The van der Waals surface area contributed by atoms with Crippen LogP contribution in [0.1, 0.15) is 24.2 Å². The maximum atomic E-state index is 11.9. The molecule has 0 N–H and O–H groups in total. The fraction of sp³-hybridized carbons (Fsp3) is 0.208. The standard InChI is InChI=1S/C24H24N4O2/c1-16(2)27(3)22-13-18-12-17(24(29)30-4)10-11-21(18)26-23(22)19-14-25-28(15-19)20-8-6-5-7-9-20/h5-16H,1-4H3. The van der Waals surface area contributed by atoms with Crippen molar-refractivity contribution in [2.24, 2.45) is 0 Å². The van der Waals surface area contributed by atoms with Crippen molar-refractivity contribution in [1.82, 2.24) is 14.8 Å². The van der Waals surface area contributed by atoms with Gasteiger partial charge in [-0.15, -0.1) is 0 Å². The lowest BCUT2D eigenvalue weighted by atomic mass is 10.1. The molecule has 2 aromatic heterocycles. The number of fused-ring (bicyclic) bond motifs is 1. The molecule has 0 fully saturated rings. The summed E-state index contributed by atoms with van der Waals surface area (Å²) < 4.78 is 6.71. The lowest BCUT2D eigenvalue weighted by molar-refractivity contribution is 0.0601. The molecular formula is C24H24N4O2. The van der Waals surface area contributed by atoms with E-state index in [0.29, 0.717) is 5.56 Å². The van der Waals surface area contributed by atoms with Gasteiger partial charge in [0.1, 0.15) is 0 Å². The number of esters is 1. The zero-order valence-corrected chi connectivity index (χ0v) is 17.5. The number of ether oxygens (including phenoxy) is 1. The molecule has 0 spiro atoms. The fourth-order valence-electron chi connectivity index (χ4n) is 3.34. The molecule has 2 heterocycles. The van der Waals surface area contributed by atoms with Gasteiger partial charge in [0.15, 0.2) is 0 Å². The summed E-state index contributed by atoms with van der Waals surface area (Å²) in [5, 5.41) is 5.42. The number of methoxy groups -OCH3 is 1. The molecule has 0 aliphatic heterocycles. The summed E-state index contributed by atoms with van der Waals surface area (Å²) >= 11 is 0. The number of aromatic nitrogens is 3. The summed E-state index contributed by atoms with van der Waals surface area (Å²) in [7, 11) is 3.43. The van der Waals surface area contributed by atoms with E-state index in [1.54, 1.807) is 6.07 Å². The minimum absolute atomic E-state index is 0.274. The van der Waals surface area contributed by atoms with Gasteiger partial charge in [0.05, 0.1) is 41.5 Å². The van der Waals surface area contributed by atoms with E-state index >= 15 is 0 Å². The summed E-state index contributed by atoms with van der Waals surface area (Å²) in [6.45, 7) is 4.26. The van der Waals surface area contributed by atoms with Crippen molar-refractivity contribution in [3.05, 3.63) is 72.6 Å². The van der Waals surface area contributed by atoms with Gasteiger partial charge in [-0.25, -0.2) is 14.5 Å². The van der Waals surface area contributed by atoms with Crippen LogP contribution in [-0.2, 0) is 4.74 Å². The SMILES string of the molecule is COC(=O)c1ccc2nc(-c3cnn(-c4ccccc4)c3)c(N(C)C(C)C)cc2c1. The third kappa shape index (κ3) is 3.64. The lowest BCUT2D eigenvalue weighted by Crippen LogP contribution is -2.26. The number of pyridine rings is 1. The molecule has 0 saturated heterocycles. The molecule has 6 nitrogen and oxygen atoms in total. The van der Waals surface area contributed by atoms with Gasteiger partial charge < -0.3 is 9.64 Å². The molecule has 0 bridgehead atoms. The van der Waals surface area contributed by atoms with E-state index in [1.165, 1.54) is 7.11 Å². The monoisotopic (exact) mass is 400 g/mol. The Hall–Kier alpha value is -3.67. The molecular weight excluding hydrogens is 376 g/mol. The highest BCUT2D eigenvalue weighted by atomic mass is 16.5. The topological polar surface area (TPSA) is 60.2 Å². The van der Waals surface area contributed by atoms with E-state index in [0.717, 1.165) is 33.5 Å². The second kappa shape index (κ2) is 7.99. The Morgan fingerprint density at radius 2 is 1.87 bits per heavy atom. The molecule has 0 saturated carbocycles. The van der Waals surface area contributed by atoms with Crippen LogP contribution in [0.2, 0.25) is 0 Å². The van der Waals surface area contributed by atoms with Crippen LogP contribution in [0.5, 0.6) is 0 Å². The number of hydrogen-bond acceptors (Lipinski definition) is 5. The quantitative estimate of drug-likeness (QED) is 0.454. The van der Waals surface area contributed by atoms with Crippen LogP contribution in [0.25, 0.3) is 27.8 Å². The third-order valence-corrected chi connectivity index (χ3v) is 5.25. The molecule has 6 heteroatoms. The van der Waals surface area contributed by atoms with E-state index in [9.17, 15) is 4.79 Å². The predicted molar refractivity (Wildman–Crippen MR) is 119 cm³/mol. The van der Waals surface area contributed by atoms with Crippen molar-refractivity contribution >= 4 is 22.6 Å². The minimum atomic E-state index is -0.358. The van der Waals surface area contributed by atoms with E-state index in [1.807, 2.05) is 66.6 Å². The van der Waals surface area contributed by atoms with Crippen molar-refractivity contribution in [2.75, 3.05) is 19.1 Å². The van der Waals surface area contributed by atoms with Gasteiger partial charge in [-0.1, -0.05) is 18.2 Å². The summed E-state index contributed by atoms with van der Waals surface area (Å²) in [6.07, 6.45) is 3.83. The molecule has 0 amide bonds. The van der Waals surface area contributed by atoms with Crippen molar-refractivity contribution in [3.63, 3.8) is 0 Å². The Morgan fingerprint density at radius 3 is 2.57 bits per heavy atom. The highest BCUT2D eigenvalue weighted by Crippen LogP contribution is 2.33. The first-order chi connectivity index (χ1) is 14.5. The summed E-state index contributed by atoms with van der Waals surface area (Å²) in [5.74, 6) is -0.358. The molecule has 152 valence electrons. The van der Waals surface area contributed by atoms with Gasteiger partial charge in [0.25, 0.3) is 0 Å². The molecule has 30 heavy (non-hydrogen) atoms. The van der Waals surface area contributed by atoms with Gasteiger partial charge in [0, 0.05) is 30.2 Å². The Morgan fingerprint density at radius 1 is 1.10 bits per heavy atom. The molecule has 0 aliphatic carbocycles. The summed E-state index contributed by atoms with van der Waals surface area (Å²) in [5.41, 5.74) is 5.07. The summed E-state index contributed by atoms with van der Waals surface area (Å²) in [4.78, 5) is 19.1. The van der Waals surface area contributed by atoms with E-state index in [2.05, 4.69) is 29.9 Å². The van der Waals surface area contributed by atoms with Crippen LogP contribution in [0, 0.1) is 0 Å². The molecule has 4 aromatic rings. The fourth-order valence-corrected chi connectivity index (χ4v) is 3.34. The van der Waals surface area contributed by atoms with Crippen molar-refractivity contribution < 1.29 is 9.53 Å². The Kier molecular flexibility index (Phi) is 5.23. The molecule has 0 aliphatic rings. The van der Waals surface area contributed by atoms with Crippen LogP contribution >= 0.6 is 0 Å². The van der Waals surface area contributed by atoms with Crippen LogP contribution in [-0.4, -0.2) is 40.9 Å². The first-order valence-corrected chi connectivity index (χ1v) is 9.84. The number of anilines is 1. The number of rotatable bonds is 5. The second-order valence-corrected chi connectivity index (χ2v) is 7.47. The number of benzene rings is 2. The number of carbonyl (C=O) groups is 1. The third-order valence-electron chi connectivity index (χ3n) is 5.25. The molecule has 0 radical (unpaired) electrons. The number of hydrogen-bond donors (Lipinski definition) is 0. The van der Waals surface area contributed by atoms with Gasteiger partial charge in [0.2, 0.25) is 0 Å². The molecule has 0 atom stereocenters. The van der Waals surface area contributed by atoms with Crippen LogP contribution < -0.4 is 4.90 Å². The van der Waals surface area contributed by atoms with Gasteiger partial charge in [-0.2, -0.15) is 5.10 Å². The first kappa shape index (κ1) is 19.6. The molecule has 4 rings (SSSR count). The Bertz CT molecular complexity index is 1200. The van der Waals surface area contributed by atoms with Gasteiger partial charge in [-0.3, -0.25) is 0 Å². The zero-order chi connectivity index (χ0) is 21.3. The van der Waals surface area contributed by atoms with Gasteiger partial charge in [-0.05, 0) is 50.2 Å². The van der Waals surface area contributed by atoms with E-state index < -0.39 is 0 Å². The van der Waals surface area contributed by atoms with Gasteiger partial charge >= 0.3 is 5.97 Å². The second-order valence-electron chi connectivity index (χ2n) is 7.47. The summed E-state index contributed by atoms with van der Waals surface area (Å²) in [6, 6.07) is 17.8. The number of carbonyl (C=O) groups excluding carboxylic acids is 1. The smallest absolute Gasteiger partial charge is 0.337 e. The van der Waals surface area contributed by atoms with Crippen LogP contribution in [0.3, 0.4) is 0 Å². The number of nitrogens with zero attached hydrogens (tertiary/aromatic N) is 4. The Balaban J connectivity index is 1.86. The van der Waals surface area contributed by atoms with Crippen LogP contribution in [0.15, 0.2) is 67.0 Å². The average Bonchev–Trinajstić information content (AvgIpc) is 3.27. The predicted octanol–water partition coefficient (Wildman–Crippen LogP) is 4.72. The van der Waals surface area contributed by atoms with Crippen molar-refractivity contribution in [2.45, 2.75) is 19.9 Å². The van der Waals surface area contributed by atoms with E-state index in [4.69, 9.17) is 9.72 Å². The normalized spacial score (nSPS) is 11.1. The maximum Gasteiger partial charge on any atom is 0.337 e. The molecule has 2 aromatic carbocycles. The van der Waals surface area contributed by atoms with Crippen molar-refractivity contribution in [3.8, 4) is 16.9 Å². The zero-order valence-electron chi connectivity index (χ0n) is 17.5.